The molecule has 132 valence electrons. The molecule has 0 saturated carbocycles. The Labute approximate surface area is 159 Å². The summed E-state index contributed by atoms with van der Waals surface area (Å²) in [7, 11) is 1.47. The molecule has 0 amide bonds. The molecule has 0 aliphatic carbocycles. The zero-order chi connectivity index (χ0) is 18.7. The van der Waals surface area contributed by atoms with E-state index in [-0.39, 0.29) is 11.5 Å². The molecule has 1 N–H and O–H groups in total. The number of halogens is 1. The number of carbonyl (C=O) groups is 1. The van der Waals surface area contributed by atoms with Gasteiger partial charge in [-0.05, 0) is 58.8 Å². The Kier molecular flexibility index (Phi) is 5.23. The van der Waals surface area contributed by atoms with Gasteiger partial charge in [-0.25, -0.2) is 4.68 Å². The molecule has 2 aromatic carbocycles. The summed E-state index contributed by atoms with van der Waals surface area (Å²) in [5, 5.41) is 14.2. The highest BCUT2D eigenvalue weighted by molar-refractivity contribution is 9.10. The van der Waals surface area contributed by atoms with Crippen molar-refractivity contribution >= 4 is 27.8 Å². The molecular formula is C20H17BrN2O3. The van der Waals surface area contributed by atoms with Crippen LogP contribution in [0.4, 0.5) is 0 Å². The molecule has 26 heavy (non-hydrogen) atoms. The molecule has 3 rings (SSSR count). The number of aromatic nitrogens is 2. The predicted octanol–water partition coefficient (Wildman–Crippen LogP) is 4.55. The van der Waals surface area contributed by atoms with Crippen molar-refractivity contribution in [2.75, 3.05) is 7.11 Å². The first kappa shape index (κ1) is 17.9. The molecule has 1 heterocycles. The van der Waals surface area contributed by atoms with E-state index < -0.39 is 0 Å². The average Bonchev–Trinajstić information content (AvgIpc) is 3.04. The van der Waals surface area contributed by atoms with Gasteiger partial charge in [0.1, 0.15) is 0 Å². The second-order valence-corrected chi connectivity index (χ2v) is 6.50. The van der Waals surface area contributed by atoms with E-state index in [1.54, 1.807) is 29.1 Å². The van der Waals surface area contributed by atoms with Gasteiger partial charge in [0.2, 0.25) is 0 Å². The number of aromatic hydroxyl groups is 1. The molecule has 0 atom stereocenters. The van der Waals surface area contributed by atoms with Crippen LogP contribution >= 0.6 is 15.9 Å². The lowest BCUT2D eigenvalue weighted by Crippen LogP contribution is -2.01. The molecule has 0 unspecified atom stereocenters. The molecule has 0 fully saturated rings. The topological polar surface area (TPSA) is 64.3 Å². The van der Waals surface area contributed by atoms with Gasteiger partial charge in [0.15, 0.2) is 17.3 Å². The molecule has 6 heteroatoms. The lowest BCUT2D eigenvalue weighted by atomic mass is 10.1. The standard InChI is InChI=1S/C20H17BrN2O3/c1-13-16(12-22-23(13)15-6-4-3-5-7-15)18(24)9-8-14-10-17(21)20(25)19(11-14)26-2/h3-12,25H,1-2H3. The Morgan fingerprint density at radius 3 is 2.69 bits per heavy atom. The van der Waals surface area contributed by atoms with E-state index in [0.29, 0.717) is 15.8 Å². The van der Waals surface area contributed by atoms with Gasteiger partial charge in [0.05, 0.1) is 34.7 Å². The summed E-state index contributed by atoms with van der Waals surface area (Å²) < 4.78 is 7.35. The van der Waals surface area contributed by atoms with Crippen molar-refractivity contribution in [3.8, 4) is 17.2 Å². The average molecular weight is 413 g/mol. The maximum absolute atomic E-state index is 12.6. The second-order valence-electron chi connectivity index (χ2n) is 5.64. The van der Waals surface area contributed by atoms with Gasteiger partial charge in [0, 0.05) is 0 Å². The van der Waals surface area contributed by atoms with Crippen molar-refractivity contribution in [3.05, 3.63) is 76.0 Å². The Balaban J connectivity index is 1.86. The van der Waals surface area contributed by atoms with Crippen LogP contribution in [0.2, 0.25) is 0 Å². The monoisotopic (exact) mass is 412 g/mol. The summed E-state index contributed by atoms with van der Waals surface area (Å²) in [6.45, 7) is 1.86. The molecule has 5 nitrogen and oxygen atoms in total. The number of hydrogen-bond donors (Lipinski definition) is 1. The van der Waals surface area contributed by atoms with E-state index in [9.17, 15) is 9.90 Å². The quantitative estimate of drug-likeness (QED) is 0.492. The first-order chi connectivity index (χ1) is 12.5. The number of allylic oxidation sites excluding steroid dienone is 1. The van der Waals surface area contributed by atoms with Crippen LogP contribution in [0.15, 0.2) is 59.2 Å². The van der Waals surface area contributed by atoms with E-state index in [1.165, 1.54) is 13.2 Å². The number of rotatable bonds is 5. The Morgan fingerprint density at radius 2 is 2.00 bits per heavy atom. The molecule has 0 saturated heterocycles. The van der Waals surface area contributed by atoms with Crippen molar-refractivity contribution in [2.24, 2.45) is 0 Å². The van der Waals surface area contributed by atoms with Crippen LogP contribution in [0.5, 0.6) is 11.5 Å². The van der Waals surface area contributed by atoms with E-state index >= 15 is 0 Å². The predicted molar refractivity (Wildman–Crippen MR) is 104 cm³/mol. The summed E-state index contributed by atoms with van der Waals surface area (Å²) in [6, 6.07) is 13.0. The highest BCUT2D eigenvalue weighted by atomic mass is 79.9. The van der Waals surface area contributed by atoms with Crippen LogP contribution < -0.4 is 4.74 Å². The van der Waals surface area contributed by atoms with Crippen LogP contribution in [0.1, 0.15) is 21.6 Å². The second kappa shape index (κ2) is 7.58. The summed E-state index contributed by atoms with van der Waals surface area (Å²) in [5.41, 5.74) is 2.94. The van der Waals surface area contributed by atoms with E-state index in [2.05, 4.69) is 21.0 Å². The Bertz CT molecular complexity index is 978. The number of methoxy groups -OCH3 is 1. The Morgan fingerprint density at radius 1 is 1.27 bits per heavy atom. The first-order valence-electron chi connectivity index (χ1n) is 7.90. The highest BCUT2D eigenvalue weighted by Crippen LogP contribution is 2.35. The SMILES string of the molecule is COc1cc(C=CC(=O)c2cnn(-c3ccccc3)c2C)cc(Br)c1O. The molecular weight excluding hydrogens is 396 g/mol. The van der Waals surface area contributed by atoms with Gasteiger partial charge in [-0.2, -0.15) is 5.10 Å². The number of hydrogen-bond acceptors (Lipinski definition) is 4. The van der Waals surface area contributed by atoms with Crippen LogP contribution in [0.3, 0.4) is 0 Å². The van der Waals surface area contributed by atoms with Crippen molar-refractivity contribution in [2.45, 2.75) is 6.92 Å². The lowest BCUT2D eigenvalue weighted by molar-refractivity contribution is 0.104. The van der Waals surface area contributed by atoms with E-state index in [4.69, 9.17) is 4.74 Å². The smallest absolute Gasteiger partial charge is 0.189 e. The minimum Gasteiger partial charge on any atom is -0.503 e. The minimum absolute atomic E-state index is 0.0240. The Hall–Kier alpha value is -2.86. The van der Waals surface area contributed by atoms with Crippen molar-refractivity contribution in [1.29, 1.82) is 0 Å². The van der Waals surface area contributed by atoms with Gasteiger partial charge in [-0.1, -0.05) is 24.3 Å². The first-order valence-corrected chi connectivity index (χ1v) is 8.69. The molecule has 0 aliphatic heterocycles. The summed E-state index contributed by atoms with van der Waals surface area (Å²) in [4.78, 5) is 12.6. The van der Waals surface area contributed by atoms with Crippen molar-refractivity contribution < 1.29 is 14.6 Å². The summed E-state index contributed by atoms with van der Waals surface area (Å²) in [5.74, 6) is 0.211. The minimum atomic E-state index is -0.146. The van der Waals surface area contributed by atoms with Crippen LogP contribution in [-0.4, -0.2) is 27.8 Å². The normalized spacial score (nSPS) is 11.0. The fraction of sp³-hybridized carbons (Fsp3) is 0.100. The number of ketones is 1. The lowest BCUT2D eigenvalue weighted by Gasteiger charge is -2.06. The third kappa shape index (κ3) is 3.55. The number of nitrogens with zero attached hydrogens (tertiary/aromatic N) is 2. The molecule has 0 bridgehead atoms. The molecule has 0 radical (unpaired) electrons. The van der Waals surface area contributed by atoms with E-state index in [1.807, 2.05) is 37.3 Å². The van der Waals surface area contributed by atoms with Gasteiger partial charge < -0.3 is 9.84 Å². The number of para-hydroxylation sites is 1. The third-order valence-electron chi connectivity index (χ3n) is 3.97. The summed E-state index contributed by atoms with van der Waals surface area (Å²) >= 11 is 3.27. The zero-order valence-electron chi connectivity index (χ0n) is 14.3. The number of phenols is 1. The fourth-order valence-corrected chi connectivity index (χ4v) is 3.05. The van der Waals surface area contributed by atoms with Gasteiger partial charge >= 0.3 is 0 Å². The molecule has 0 spiro atoms. The van der Waals surface area contributed by atoms with Crippen molar-refractivity contribution in [3.63, 3.8) is 0 Å². The molecule has 3 aromatic rings. The van der Waals surface area contributed by atoms with Gasteiger partial charge in [-0.15, -0.1) is 0 Å². The number of phenolic OH excluding ortho intramolecular Hbond substituents is 1. The van der Waals surface area contributed by atoms with Crippen LogP contribution in [0.25, 0.3) is 11.8 Å². The van der Waals surface area contributed by atoms with Crippen molar-refractivity contribution in [1.82, 2.24) is 9.78 Å². The number of carbonyl (C=O) groups excluding carboxylic acids is 1. The van der Waals surface area contributed by atoms with Crippen LogP contribution in [-0.2, 0) is 0 Å². The third-order valence-corrected chi connectivity index (χ3v) is 4.58. The number of benzene rings is 2. The largest absolute Gasteiger partial charge is 0.503 e. The van der Waals surface area contributed by atoms with E-state index in [0.717, 1.165) is 16.9 Å². The molecule has 1 aromatic heterocycles. The van der Waals surface area contributed by atoms with Gasteiger partial charge in [-0.3, -0.25) is 4.79 Å². The summed E-state index contributed by atoms with van der Waals surface area (Å²) in [6.07, 6.45) is 4.73. The molecule has 0 aliphatic rings. The zero-order valence-corrected chi connectivity index (χ0v) is 15.9. The number of ether oxygens (including phenoxy) is 1. The maximum Gasteiger partial charge on any atom is 0.189 e. The van der Waals surface area contributed by atoms with Crippen LogP contribution in [0, 0.1) is 6.92 Å². The fourth-order valence-electron chi connectivity index (χ4n) is 2.59. The maximum atomic E-state index is 12.6. The van der Waals surface area contributed by atoms with Gasteiger partial charge in [0.25, 0.3) is 0 Å². The highest BCUT2D eigenvalue weighted by Gasteiger charge is 2.13.